The lowest BCUT2D eigenvalue weighted by Gasteiger charge is -2.07. The largest absolute Gasteiger partial charge is 0.456 e. The molecule has 1 nitrogen and oxygen atoms in total. The Kier molecular flexibility index (Phi) is 5.14. The minimum Gasteiger partial charge on any atom is -0.456 e. The van der Waals surface area contributed by atoms with Crippen LogP contribution in [-0.2, 0) is 6.42 Å². The Bertz CT molecular complexity index is 1970. The maximum atomic E-state index is 6.00. The lowest BCUT2D eigenvalue weighted by molar-refractivity contribution is 0.669. The highest BCUT2D eigenvalue weighted by Crippen LogP contribution is 2.36. The van der Waals surface area contributed by atoms with Crippen LogP contribution in [0, 0.1) is 0 Å². The molecular formula is C37H24OS. The summed E-state index contributed by atoms with van der Waals surface area (Å²) in [7, 11) is 0. The third kappa shape index (κ3) is 3.93. The van der Waals surface area contributed by atoms with E-state index >= 15 is 0 Å². The maximum absolute atomic E-state index is 6.00. The Morgan fingerprint density at radius 3 is 1.69 bits per heavy atom. The summed E-state index contributed by atoms with van der Waals surface area (Å²) in [5.74, 6) is 0. The second kappa shape index (κ2) is 8.97. The van der Waals surface area contributed by atoms with Crippen LogP contribution in [0.15, 0.2) is 138 Å². The van der Waals surface area contributed by atoms with E-state index in [2.05, 4.69) is 121 Å². The molecule has 0 bridgehead atoms. The van der Waals surface area contributed by atoms with Gasteiger partial charge in [-0.3, -0.25) is 0 Å². The molecule has 0 atom stereocenters. The van der Waals surface area contributed by atoms with Gasteiger partial charge in [0, 0.05) is 30.9 Å². The van der Waals surface area contributed by atoms with Crippen LogP contribution in [0.4, 0.5) is 0 Å². The zero-order chi connectivity index (χ0) is 25.8. The average molecular weight is 517 g/mol. The minimum absolute atomic E-state index is 0.917. The third-order valence-corrected chi connectivity index (χ3v) is 8.89. The molecule has 0 N–H and O–H groups in total. The van der Waals surface area contributed by atoms with Gasteiger partial charge in [-0.2, -0.15) is 0 Å². The first-order valence-electron chi connectivity index (χ1n) is 13.3. The number of hydrogen-bond donors (Lipinski definition) is 0. The predicted octanol–water partition coefficient (Wildman–Crippen LogP) is 10.9. The van der Waals surface area contributed by atoms with E-state index in [1.165, 1.54) is 58.9 Å². The first-order valence-corrected chi connectivity index (χ1v) is 14.1. The molecule has 2 aromatic heterocycles. The standard InChI is InChI=1S/C37H24OS/c1-3-7-34-30(5-1)32-22-28(17-19-35(32)38-34)26-13-9-24(10-14-26)21-25-11-15-27(16-12-25)29-18-20-37-33(23-29)31-6-2-4-8-36(31)39-37/h1-20,22-23H,21H2. The second-order valence-electron chi connectivity index (χ2n) is 10.2. The van der Waals surface area contributed by atoms with E-state index < -0.39 is 0 Å². The van der Waals surface area contributed by atoms with E-state index in [-0.39, 0.29) is 0 Å². The summed E-state index contributed by atoms with van der Waals surface area (Å²) < 4.78 is 8.69. The van der Waals surface area contributed by atoms with E-state index in [0.29, 0.717) is 0 Å². The van der Waals surface area contributed by atoms with Gasteiger partial charge >= 0.3 is 0 Å². The molecule has 0 saturated heterocycles. The monoisotopic (exact) mass is 516 g/mol. The molecule has 0 aliphatic heterocycles. The molecule has 0 unspecified atom stereocenters. The lowest BCUT2D eigenvalue weighted by atomic mass is 9.97. The van der Waals surface area contributed by atoms with Gasteiger partial charge in [-0.15, -0.1) is 11.3 Å². The van der Waals surface area contributed by atoms with Crippen LogP contribution in [0.25, 0.3) is 64.4 Å². The summed E-state index contributed by atoms with van der Waals surface area (Å²) in [6, 6.07) is 48.2. The maximum Gasteiger partial charge on any atom is 0.135 e. The van der Waals surface area contributed by atoms with Gasteiger partial charge in [0.25, 0.3) is 0 Å². The molecular weight excluding hydrogens is 492 g/mol. The van der Waals surface area contributed by atoms with Crippen molar-refractivity contribution in [1.82, 2.24) is 0 Å². The van der Waals surface area contributed by atoms with E-state index in [9.17, 15) is 0 Å². The Morgan fingerprint density at radius 1 is 0.410 bits per heavy atom. The summed E-state index contributed by atoms with van der Waals surface area (Å²) in [6.45, 7) is 0. The van der Waals surface area contributed by atoms with Gasteiger partial charge in [-0.25, -0.2) is 0 Å². The highest BCUT2D eigenvalue weighted by atomic mass is 32.1. The molecule has 0 radical (unpaired) electrons. The van der Waals surface area contributed by atoms with Gasteiger partial charge < -0.3 is 4.42 Å². The van der Waals surface area contributed by atoms with Crippen molar-refractivity contribution < 1.29 is 4.42 Å². The van der Waals surface area contributed by atoms with Gasteiger partial charge in [0.05, 0.1) is 0 Å². The lowest BCUT2D eigenvalue weighted by Crippen LogP contribution is -1.89. The van der Waals surface area contributed by atoms with Crippen molar-refractivity contribution in [3.8, 4) is 22.3 Å². The Morgan fingerprint density at radius 2 is 0.949 bits per heavy atom. The fourth-order valence-electron chi connectivity index (χ4n) is 5.68. The minimum atomic E-state index is 0.917. The molecule has 0 fully saturated rings. The van der Waals surface area contributed by atoms with Crippen molar-refractivity contribution in [1.29, 1.82) is 0 Å². The molecule has 0 saturated carbocycles. The van der Waals surface area contributed by atoms with Gasteiger partial charge in [0.15, 0.2) is 0 Å². The first kappa shape index (κ1) is 22.3. The summed E-state index contributed by atoms with van der Waals surface area (Å²) in [6.07, 6.45) is 0.917. The summed E-state index contributed by atoms with van der Waals surface area (Å²) in [4.78, 5) is 0. The molecule has 8 rings (SSSR count). The van der Waals surface area contributed by atoms with E-state index in [4.69, 9.17) is 4.42 Å². The Balaban J connectivity index is 1.03. The van der Waals surface area contributed by atoms with Crippen LogP contribution >= 0.6 is 11.3 Å². The fraction of sp³-hybridized carbons (Fsp3) is 0.0270. The molecule has 6 aromatic carbocycles. The molecule has 0 aliphatic rings. The number of thiophene rings is 1. The highest BCUT2D eigenvalue weighted by Gasteiger charge is 2.09. The van der Waals surface area contributed by atoms with Crippen LogP contribution in [0.5, 0.6) is 0 Å². The smallest absolute Gasteiger partial charge is 0.135 e. The number of para-hydroxylation sites is 1. The third-order valence-electron chi connectivity index (χ3n) is 7.74. The Hall–Kier alpha value is -4.66. The summed E-state index contributed by atoms with van der Waals surface area (Å²) in [5.41, 5.74) is 9.46. The van der Waals surface area contributed by atoms with Crippen LogP contribution < -0.4 is 0 Å². The molecule has 184 valence electrons. The predicted molar refractivity (Wildman–Crippen MR) is 167 cm³/mol. The van der Waals surface area contributed by atoms with Crippen LogP contribution in [-0.4, -0.2) is 0 Å². The number of furan rings is 1. The van der Waals surface area contributed by atoms with Gasteiger partial charge in [-0.05, 0) is 76.2 Å². The van der Waals surface area contributed by atoms with Crippen molar-refractivity contribution in [3.05, 3.63) is 145 Å². The number of hydrogen-bond acceptors (Lipinski definition) is 2. The normalized spacial score (nSPS) is 11.7. The summed E-state index contributed by atoms with van der Waals surface area (Å²) in [5, 5.41) is 5.02. The molecule has 39 heavy (non-hydrogen) atoms. The SMILES string of the molecule is c1ccc2c(c1)oc1ccc(-c3ccc(Cc4ccc(-c5ccc6sc7ccccc7c6c5)cc4)cc3)cc12. The molecule has 2 heteroatoms. The van der Waals surface area contributed by atoms with Gasteiger partial charge in [0.2, 0.25) is 0 Å². The van der Waals surface area contributed by atoms with Crippen molar-refractivity contribution in [2.75, 3.05) is 0 Å². The van der Waals surface area contributed by atoms with Gasteiger partial charge in [-0.1, -0.05) is 97.1 Å². The Labute approximate surface area is 230 Å². The van der Waals surface area contributed by atoms with Crippen LogP contribution in [0.3, 0.4) is 0 Å². The van der Waals surface area contributed by atoms with Crippen molar-refractivity contribution in [3.63, 3.8) is 0 Å². The van der Waals surface area contributed by atoms with Crippen LogP contribution in [0.1, 0.15) is 11.1 Å². The zero-order valence-corrected chi connectivity index (χ0v) is 22.0. The van der Waals surface area contributed by atoms with Gasteiger partial charge in [0.1, 0.15) is 11.2 Å². The highest BCUT2D eigenvalue weighted by molar-refractivity contribution is 7.25. The second-order valence-corrected chi connectivity index (χ2v) is 11.3. The van der Waals surface area contributed by atoms with Crippen molar-refractivity contribution >= 4 is 53.4 Å². The topological polar surface area (TPSA) is 13.1 Å². The summed E-state index contributed by atoms with van der Waals surface area (Å²) >= 11 is 1.87. The van der Waals surface area contributed by atoms with E-state index in [0.717, 1.165) is 23.0 Å². The zero-order valence-electron chi connectivity index (χ0n) is 21.2. The molecule has 0 spiro atoms. The average Bonchev–Trinajstić information content (AvgIpc) is 3.55. The number of benzene rings is 6. The van der Waals surface area contributed by atoms with Crippen molar-refractivity contribution in [2.24, 2.45) is 0 Å². The fourth-order valence-corrected chi connectivity index (χ4v) is 6.76. The van der Waals surface area contributed by atoms with E-state index in [1.807, 2.05) is 23.5 Å². The van der Waals surface area contributed by atoms with Crippen LogP contribution in [0.2, 0.25) is 0 Å². The molecule has 2 heterocycles. The number of rotatable bonds is 4. The number of fused-ring (bicyclic) bond motifs is 6. The molecule has 0 amide bonds. The quantitative estimate of drug-likeness (QED) is 0.227. The molecule has 8 aromatic rings. The van der Waals surface area contributed by atoms with Crippen molar-refractivity contribution in [2.45, 2.75) is 6.42 Å². The van der Waals surface area contributed by atoms with E-state index in [1.54, 1.807) is 0 Å². The first-order chi connectivity index (χ1) is 19.3. The molecule has 0 aliphatic carbocycles.